The van der Waals surface area contributed by atoms with Crippen LogP contribution < -0.4 is 10.9 Å². The van der Waals surface area contributed by atoms with Gasteiger partial charge in [-0.25, -0.2) is 4.68 Å². The highest BCUT2D eigenvalue weighted by atomic mass is 35.5. The van der Waals surface area contributed by atoms with Gasteiger partial charge in [0, 0.05) is 10.0 Å². The second kappa shape index (κ2) is 7.68. The number of hydrogen-bond donors (Lipinski definition) is 1. The lowest BCUT2D eigenvalue weighted by molar-refractivity contribution is -0.122. The van der Waals surface area contributed by atoms with Gasteiger partial charge in [-0.3, -0.25) is 9.59 Å². The molecule has 2 rings (SSSR count). The molecule has 1 aromatic carbocycles. The van der Waals surface area contributed by atoms with E-state index in [9.17, 15) is 9.59 Å². The number of nitrogens with zero attached hydrogens (tertiary/aromatic N) is 3. The summed E-state index contributed by atoms with van der Waals surface area (Å²) in [7, 11) is 0. The van der Waals surface area contributed by atoms with Crippen LogP contribution in [0.3, 0.4) is 0 Å². The number of aromatic nitrogens is 2. The van der Waals surface area contributed by atoms with Crippen molar-refractivity contribution in [3.8, 4) is 6.07 Å². The molecule has 0 aliphatic carbocycles. The Morgan fingerprint density at radius 1 is 1.40 bits per heavy atom. The minimum atomic E-state index is -0.585. The molecule has 0 unspecified atom stereocenters. The van der Waals surface area contributed by atoms with Crippen molar-refractivity contribution in [2.45, 2.75) is 33.4 Å². The molecule has 25 heavy (non-hydrogen) atoms. The Labute approximate surface area is 155 Å². The van der Waals surface area contributed by atoms with E-state index in [0.717, 1.165) is 4.68 Å². The zero-order chi connectivity index (χ0) is 18.7. The molecule has 1 amide bonds. The molecule has 0 fully saturated rings. The molecule has 1 heterocycles. The minimum absolute atomic E-state index is 0.00547. The minimum Gasteiger partial charge on any atom is -0.348 e. The Balaban J connectivity index is 2.20. The van der Waals surface area contributed by atoms with E-state index in [-0.39, 0.29) is 18.2 Å². The highest BCUT2D eigenvalue weighted by Crippen LogP contribution is 2.26. The van der Waals surface area contributed by atoms with Crippen LogP contribution in [0.1, 0.15) is 35.3 Å². The van der Waals surface area contributed by atoms with Crippen molar-refractivity contribution < 1.29 is 4.79 Å². The van der Waals surface area contributed by atoms with Crippen molar-refractivity contribution in [1.82, 2.24) is 15.1 Å². The van der Waals surface area contributed by atoms with Crippen LogP contribution >= 0.6 is 23.2 Å². The third-order valence-corrected chi connectivity index (χ3v) is 4.41. The van der Waals surface area contributed by atoms with Crippen LogP contribution in [0.25, 0.3) is 0 Å². The lowest BCUT2D eigenvalue weighted by Crippen LogP contribution is -2.36. The number of amides is 1. The van der Waals surface area contributed by atoms with Gasteiger partial charge in [0.2, 0.25) is 5.91 Å². The fourth-order valence-corrected chi connectivity index (χ4v) is 2.94. The molecule has 0 spiro atoms. The standard InChI is InChI=1S/C17H16Cl2N4O2/c1-9-10(2)22-23(17(25)14(9)7-20)8-16(24)21-11(3)13-5-4-12(18)6-15(13)19/h4-6,11H,8H2,1-3H3,(H,21,24)/t11-/m0/s1. The second-order valence-corrected chi connectivity index (χ2v) is 6.46. The quantitative estimate of drug-likeness (QED) is 0.885. The van der Waals surface area contributed by atoms with Gasteiger partial charge >= 0.3 is 0 Å². The van der Waals surface area contributed by atoms with Crippen LogP contribution in [0.4, 0.5) is 0 Å². The number of carbonyl (C=O) groups is 1. The van der Waals surface area contributed by atoms with Gasteiger partial charge in [-0.15, -0.1) is 0 Å². The van der Waals surface area contributed by atoms with Crippen LogP contribution in [0, 0.1) is 25.2 Å². The van der Waals surface area contributed by atoms with E-state index in [4.69, 9.17) is 28.5 Å². The van der Waals surface area contributed by atoms with E-state index in [1.165, 1.54) is 0 Å². The molecular formula is C17H16Cl2N4O2. The summed E-state index contributed by atoms with van der Waals surface area (Å²) < 4.78 is 0.992. The van der Waals surface area contributed by atoms with Crippen LogP contribution in [-0.4, -0.2) is 15.7 Å². The van der Waals surface area contributed by atoms with Gasteiger partial charge in [-0.2, -0.15) is 10.4 Å². The lowest BCUT2D eigenvalue weighted by Gasteiger charge is -2.16. The largest absolute Gasteiger partial charge is 0.348 e. The summed E-state index contributed by atoms with van der Waals surface area (Å²) in [6.07, 6.45) is 0. The third kappa shape index (κ3) is 4.19. The van der Waals surface area contributed by atoms with Crippen LogP contribution in [0.2, 0.25) is 10.0 Å². The summed E-state index contributed by atoms with van der Waals surface area (Å²) in [6, 6.07) is 6.48. The average Bonchev–Trinajstić information content (AvgIpc) is 2.53. The fraction of sp³-hybridized carbons (Fsp3) is 0.294. The summed E-state index contributed by atoms with van der Waals surface area (Å²) in [5.74, 6) is -0.416. The van der Waals surface area contributed by atoms with Gasteiger partial charge in [0.25, 0.3) is 5.56 Å². The molecule has 0 aliphatic heterocycles. The first-order valence-electron chi connectivity index (χ1n) is 7.47. The van der Waals surface area contributed by atoms with Gasteiger partial charge in [0.15, 0.2) is 0 Å². The maximum atomic E-state index is 12.3. The SMILES string of the molecule is Cc1nn(CC(=O)N[C@@H](C)c2ccc(Cl)cc2Cl)c(=O)c(C#N)c1C. The lowest BCUT2D eigenvalue weighted by atomic mass is 10.1. The molecule has 1 N–H and O–H groups in total. The van der Waals surface area contributed by atoms with Crippen molar-refractivity contribution in [3.63, 3.8) is 0 Å². The maximum absolute atomic E-state index is 12.3. The van der Waals surface area contributed by atoms with Crippen LogP contribution in [-0.2, 0) is 11.3 Å². The summed E-state index contributed by atoms with van der Waals surface area (Å²) >= 11 is 12.0. The monoisotopic (exact) mass is 378 g/mol. The summed E-state index contributed by atoms with van der Waals surface area (Å²) in [4.78, 5) is 24.5. The molecular weight excluding hydrogens is 363 g/mol. The first-order valence-corrected chi connectivity index (χ1v) is 8.23. The first-order chi connectivity index (χ1) is 11.7. The normalized spacial score (nSPS) is 11.7. The van der Waals surface area contributed by atoms with Gasteiger partial charge in [0.1, 0.15) is 18.2 Å². The Kier molecular flexibility index (Phi) is 5.83. The van der Waals surface area contributed by atoms with Crippen LogP contribution in [0.5, 0.6) is 0 Å². The summed E-state index contributed by atoms with van der Waals surface area (Å²) in [6.45, 7) is 4.81. The first kappa shape index (κ1) is 19.0. The van der Waals surface area contributed by atoms with Crippen molar-refractivity contribution in [3.05, 3.63) is 61.0 Å². The van der Waals surface area contributed by atoms with Crippen LogP contribution in [0.15, 0.2) is 23.0 Å². The zero-order valence-corrected chi connectivity index (χ0v) is 15.4. The molecule has 0 saturated carbocycles. The molecule has 0 aliphatic rings. The van der Waals surface area contributed by atoms with Gasteiger partial charge < -0.3 is 5.32 Å². The van der Waals surface area contributed by atoms with Gasteiger partial charge in [-0.1, -0.05) is 29.3 Å². The Bertz CT molecular complexity index is 931. The molecule has 130 valence electrons. The van der Waals surface area contributed by atoms with Crippen molar-refractivity contribution in [2.24, 2.45) is 0 Å². The zero-order valence-electron chi connectivity index (χ0n) is 13.9. The number of nitriles is 1. The molecule has 0 saturated heterocycles. The highest BCUT2D eigenvalue weighted by molar-refractivity contribution is 6.35. The van der Waals surface area contributed by atoms with Crippen molar-refractivity contribution in [1.29, 1.82) is 5.26 Å². The maximum Gasteiger partial charge on any atom is 0.285 e. The number of nitrogens with one attached hydrogen (secondary N) is 1. The Morgan fingerprint density at radius 2 is 2.08 bits per heavy atom. The number of hydrogen-bond acceptors (Lipinski definition) is 4. The van der Waals surface area contributed by atoms with Gasteiger partial charge in [0.05, 0.1) is 11.7 Å². The second-order valence-electron chi connectivity index (χ2n) is 5.62. The Morgan fingerprint density at radius 3 is 2.68 bits per heavy atom. The molecule has 0 bridgehead atoms. The number of carbonyl (C=O) groups excluding carboxylic acids is 1. The number of aryl methyl sites for hydroxylation is 1. The highest BCUT2D eigenvalue weighted by Gasteiger charge is 2.16. The third-order valence-electron chi connectivity index (χ3n) is 3.85. The molecule has 6 nitrogen and oxygen atoms in total. The summed E-state index contributed by atoms with van der Waals surface area (Å²) in [5.41, 5.74) is 1.16. The Hall–Kier alpha value is -2.36. The predicted molar refractivity (Wildman–Crippen MR) is 95.7 cm³/mol. The van der Waals surface area contributed by atoms with Crippen molar-refractivity contribution in [2.75, 3.05) is 0 Å². The average molecular weight is 379 g/mol. The van der Waals surface area contributed by atoms with Crippen molar-refractivity contribution >= 4 is 29.1 Å². The molecule has 0 radical (unpaired) electrons. The number of rotatable bonds is 4. The molecule has 8 heteroatoms. The smallest absolute Gasteiger partial charge is 0.285 e. The number of halogens is 2. The molecule has 2 aromatic rings. The van der Waals surface area contributed by atoms with E-state index in [0.29, 0.717) is 26.9 Å². The number of benzene rings is 1. The van der Waals surface area contributed by atoms with E-state index in [1.807, 2.05) is 6.07 Å². The molecule has 1 aromatic heterocycles. The van der Waals surface area contributed by atoms with Gasteiger partial charge in [-0.05, 0) is 44.0 Å². The van der Waals surface area contributed by atoms with E-state index in [1.54, 1.807) is 39.0 Å². The topological polar surface area (TPSA) is 87.8 Å². The van der Waals surface area contributed by atoms with E-state index < -0.39 is 11.5 Å². The van der Waals surface area contributed by atoms with E-state index >= 15 is 0 Å². The fourth-order valence-electron chi connectivity index (χ4n) is 2.36. The molecule has 1 atom stereocenters. The van der Waals surface area contributed by atoms with E-state index in [2.05, 4.69) is 10.4 Å². The summed E-state index contributed by atoms with van der Waals surface area (Å²) in [5, 5.41) is 16.9. The predicted octanol–water partition coefficient (Wildman–Crippen LogP) is 2.92.